The molecule has 22 heavy (non-hydrogen) atoms. The molecule has 0 atom stereocenters. The van der Waals surface area contributed by atoms with E-state index in [-0.39, 0.29) is 12.3 Å². The number of rotatable bonds is 2. The fourth-order valence-corrected chi connectivity index (χ4v) is 2.65. The Morgan fingerprint density at radius 1 is 1.14 bits per heavy atom. The van der Waals surface area contributed by atoms with Gasteiger partial charge in [0.2, 0.25) is 0 Å². The minimum atomic E-state index is -0.186. The zero-order valence-electron chi connectivity index (χ0n) is 11.7. The molecule has 0 aliphatic carbocycles. The van der Waals surface area contributed by atoms with E-state index in [1.54, 1.807) is 28.8 Å². The molecule has 3 aromatic rings. The fraction of sp³-hybridized carbons (Fsp3) is 0.125. The van der Waals surface area contributed by atoms with Gasteiger partial charge in [-0.05, 0) is 29.8 Å². The summed E-state index contributed by atoms with van der Waals surface area (Å²) < 4.78 is 3.00. The van der Waals surface area contributed by atoms with Crippen LogP contribution in [0.3, 0.4) is 0 Å². The zero-order valence-corrected chi connectivity index (χ0v) is 11.7. The van der Waals surface area contributed by atoms with Crippen molar-refractivity contribution < 1.29 is 5.11 Å². The first-order valence-electron chi connectivity index (χ1n) is 7.01. The van der Waals surface area contributed by atoms with Gasteiger partial charge in [-0.25, -0.2) is 4.79 Å². The lowest BCUT2D eigenvalue weighted by Gasteiger charge is -2.17. The number of benzene rings is 2. The maximum absolute atomic E-state index is 12.6. The van der Waals surface area contributed by atoms with E-state index in [2.05, 4.69) is 10.4 Å². The SMILES string of the molecule is O=c1n(-c2ccc(CO)cc2)nc2n1CNc1ccccc1-2. The van der Waals surface area contributed by atoms with Crippen molar-refractivity contribution in [2.75, 3.05) is 5.32 Å². The zero-order chi connectivity index (χ0) is 15.1. The predicted octanol–water partition coefficient (Wildman–Crippen LogP) is 1.58. The molecule has 1 aromatic heterocycles. The van der Waals surface area contributed by atoms with Gasteiger partial charge in [0.15, 0.2) is 5.82 Å². The van der Waals surface area contributed by atoms with Gasteiger partial charge in [0.05, 0.1) is 19.0 Å². The Labute approximate surface area is 126 Å². The molecular weight excluding hydrogens is 280 g/mol. The quantitative estimate of drug-likeness (QED) is 0.752. The number of nitrogens with zero attached hydrogens (tertiary/aromatic N) is 3. The third kappa shape index (κ3) is 1.85. The van der Waals surface area contributed by atoms with Gasteiger partial charge in [0.25, 0.3) is 0 Å². The van der Waals surface area contributed by atoms with Crippen molar-refractivity contribution in [3.63, 3.8) is 0 Å². The average molecular weight is 294 g/mol. The first-order chi connectivity index (χ1) is 10.8. The molecule has 2 aromatic carbocycles. The van der Waals surface area contributed by atoms with E-state index in [9.17, 15) is 4.79 Å². The Hall–Kier alpha value is -2.86. The molecule has 1 aliphatic heterocycles. The molecule has 0 amide bonds. The van der Waals surface area contributed by atoms with Crippen LogP contribution in [0.2, 0.25) is 0 Å². The molecule has 0 bridgehead atoms. The molecule has 0 saturated heterocycles. The maximum atomic E-state index is 12.6. The van der Waals surface area contributed by atoms with E-state index < -0.39 is 0 Å². The second-order valence-electron chi connectivity index (χ2n) is 5.15. The van der Waals surface area contributed by atoms with Crippen LogP contribution in [0.15, 0.2) is 53.3 Å². The number of aliphatic hydroxyl groups excluding tert-OH is 1. The average Bonchev–Trinajstić information content (AvgIpc) is 2.92. The van der Waals surface area contributed by atoms with Crippen LogP contribution >= 0.6 is 0 Å². The highest BCUT2D eigenvalue weighted by Gasteiger charge is 2.21. The van der Waals surface area contributed by atoms with Crippen LogP contribution in [0.25, 0.3) is 17.1 Å². The molecule has 110 valence electrons. The van der Waals surface area contributed by atoms with Gasteiger partial charge in [-0.1, -0.05) is 24.3 Å². The third-order valence-electron chi connectivity index (χ3n) is 3.82. The van der Waals surface area contributed by atoms with Gasteiger partial charge >= 0.3 is 5.69 Å². The molecule has 4 rings (SSSR count). The smallest absolute Gasteiger partial charge is 0.352 e. The van der Waals surface area contributed by atoms with Crippen LogP contribution < -0.4 is 11.0 Å². The van der Waals surface area contributed by atoms with Gasteiger partial charge in [0, 0.05) is 11.3 Å². The van der Waals surface area contributed by atoms with Crippen molar-refractivity contribution in [2.24, 2.45) is 0 Å². The topological polar surface area (TPSA) is 72.1 Å². The molecule has 0 radical (unpaired) electrons. The van der Waals surface area contributed by atoms with Crippen LogP contribution in [0, 0.1) is 0 Å². The Bertz CT molecular complexity index is 893. The highest BCUT2D eigenvalue weighted by atomic mass is 16.3. The summed E-state index contributed by atoms with van der Waals surface area (Å²) in [5, 5.41) is 16.8. The lowest BCUT2D eigenvalue weighted by molar-refractivity contribution is 0.282. The number of hydrogen-bond acceptors (Lipinski definition) is 4. The first-order valence-corrected chi connectivity index (χ1v) is 7.01. The number of para-hydroxylation sites is 1. The molecule has 0 fully saturated rings. The molecule has 6 heteroatoms. The van der Waals surface area contributed by atoms with E-state index in [0.29, 0.717) is 18.2 Å². The fourth-order valence-electron chi connectivity index (χ4n) is 2.65. The summed E-state index contributed by atoms with van der Waals surface area (Å²) in [5.74, 6) is 0.658. The van der Waals surface area contributed by atoms with Crippen LogP contribution in [0.5, 0.6) is 0 Å². The van der Waals surface area contributed by atoms with Crippen LogP contribution in [-0.2, 0) is 13.3 Å². The standard InChI is InChI=1S/C16H14N4O2/c21-9-11-5-7-12(8-6-11)20-16(22)19-10-17-14-4-2-1-3-13(14)15(19)18-20/h1-8,17,21H,9-10H2. The van der Waals surface area contributed by atoms with Gasteiger partial charge in [-0.2, -0.15) is 4.68 Å². The highest BCUT2D eigenvalue weighted by Crippen LogP contribution is 2.29. The second kappa shape index (κ2) is 4.85. The van der Waals surface area contributed by atoms with Crippen LogP contribution in [-0.4, -0.2) is 19.5 Å². The van der Waals surface area contributed by atoms with Crippen molar-refractivity contribution in [2.45, 2.75) is 13.3 Å². The summed E-state index contributed by atoms with van der Waals surface area (Å²) in [6.45, 7) is 0.381. The summed E-state index contributed by atoms with van der Waals surface area (Å²) in [6, 6.07) is 14.9. The van der Waals surface area contributed by atoms with Crippen molar-refractivity contribution >= 4 is 5.69 Å². The number of anilines is 1. The van der Waals surface area contributed by atoms with Crippen molar-refractivity contribution in [1.29, 1.82) is 0 Å². The number of aliphatic hydroxyl groups is 1. The third-order valence-corrected chi connectivity index (χ3v) is 3.82. The monoisotopic (exact) mass is 294 g/mol. The molecule has 0 unspecified atom stereocenters. The largest absolute Gasteiger partial charge is 0.392 e. The van der Waals surface area contributed by atoms with E-state index >= 15 is 0 Å². The lowest BCUT2D eigenvalue weighted by Crippen LogP contribution is -2.28. The van der Waals surface area contributed by atoms with Gasteiger partial charge in [-0.15, -0.1) is 5.10 Å². The summed E-state index contributed by atoms with van der Waals surface area (Å²) in [4.78, 5) is 12.6. The lowest BCUT2D eigenvalue weighted by atomic mass is 10.1. The van der Waals surface area contributed by atoms with Crippen molar-refractivity contribution in [3.05, 3.63) is 64.6 Å². The maximum Gasteiger partial charge on any atom is 0.352 e. The van der Waals surface area contributed by atoms with Gasteiger partial charge < -0.3 is 10.4 Å². The van der Waals surface area contributed by atoms with E-state index in [0.717, 1.165) is 16.8 Å². The molecule has 6 nitrogen and oxygen atoms in total. The van der Waals surface area contributed by atoms with E-state index in [1.807, 2.05) is 24.3 Å². The summed E-state index contributed by atoms with van der Waals surface area (Å²) in [6.07, 6.45) is 0. The molecule has 2 N–H and O–H groups in total. The molecular formula is C16H14N4O2. The minimum absolute atomic E-state index is 0.0217. The number of aromatic nitrogens is 3. The Morgan fingerprint density at radius 3 is 2.68 bits per heavy atom. The number of fused-ring (bicyclic) bond motifs is 3. The molecule has 2 heterocycles. The van der Waals surface area contributed by atoms with Crippen molar-refractivity contribution in [1.82, 2.24) is 14.3 Å². The van der Waals surface area contributed by atoms with E-state index in [1.165, 1.54) is 4.68 Å². The molecule has 0 spiro atoms. The Morgan fingerprint density at radius 2 is 1.91 bits per heavy atom. The summed E-state index contributed by atoms with van der Waals surface area (Å²) in [7, 11) is 0. The Kier molecular flexibility index (Phi) is 2.83. The van der Waals surface area contributed by atoms with Gasteiger partial charge in [-0.3, -0.25) is 4.57 Å². The van der Waals surface area contributed by atoms with Crippen molar-refractivity contribution in [3.8, 4) is 17.1 Å². The Balaban J connectivity index is 1.87. The first kappa shape index (κ1) is 12.8. The van der Waals surface area contributed by atoms with Crippen LogP contribution in [0.4, 0.5) is 5.69 Å². The number of hydrogen-bond donors (Lipinski definition) is 2. The normalized spacial score (nSPS) is 12.4. The van der Waals surface area contributed by atoms with Gasteiger partial charge in [0.1, 0.15) is 0 Å². The molecule has 1 aliphatic rings. The van der Waals surface area contributed by atoms with Crippen LogP contribution in [0.1, 0.15) is 5.56 Å². The second-order valence-corrected chi connectivity index (χ2v) is 5.15. The predicted molar refractivity (Wildman–Crippen MR) is 82.8 cm³/mol. The number of nitrogens with one attached hydrogen (secondary N) is 1. The summed E-state index contributed by atoms with van der Waals surface area (Å²) >= 11 is 0. The highest BCUT2D eigenvalue weighted by molar-refractivity contribution is 5.75. The molecule has 0 saturated carbocycles. The minimum Gasteiger partial charge on any atom is -0.392 e. The summed E-state index contributed by atoms with van der Waals surface area (Å²) in [5.41, 5.74) is 3.18. The van der Waals surface area contributed by atoms with E-state index in [4.69, 9.17) is 5.11 Å².